The summed E-state index contributed by atoms with van der Waals surface area (Å²) in [6, 6.07) is 28.8. The van der Waals surface area contributed by atoms with Crippen molar-refractivity contribution in [2.24, 2.45) is 10.3 Å². The fourth-order valence-corrected chi connectivity index (χ4v) is 4.74. The van der Waals surface area contributed by atoms with Gasteiger partial charge in [-0.05, 0) is 86.7 Å². The Balaban J connectivity index is 1.81. The molecule has 4 rings (SSSR count). The van der Waals surface area contributed by atoms with Crippen molar-refractivity contribution in [1.29, 1.82) is 0 Å². The van der Waals surface area contributed by atoms with Crippen molar-refractivity contribution in [3.8, 4) is 0 Å². The lowest BCUT2D eigenvalue weighted by molar-refractivity contribution is -0.141. The summed E-state index contributed by atoms with van der Waals surface area (Å²) in [5, 5.41) is 10.1. The van der Waals surface area contributed by atoms with Crippen molar-refractivity contribution in [3.63, 3.8) is 0 Å². The van der Waals surface area contributed by atoms with E-state index in [4.69, 9.17) is 9.68 Å². The molecule has 0 bridgehead atoms. The molecule has 0 amide bonds. The van der Waals surface area contributed by atoms with E-state index in [0.717, 1.165) is 52.1 Å². The number of fused-ring (bicyclic) bond motifs is 1. The zero-order valence-corrected chi connectivity index (χ0v) is 24.9. The third kappa shape index (κ3) is 7.01. The highest BCUT2D eigenvalue weighted by Gasteiger charge is 2.17. The third-order valence-electron chi connectivity index (χ3n) is 6.92. The molecule has 0 spiro atoms. The molecule has 0 radical (unpaired) electrons. The van der Waals surface area contributed by atoms with Gasteiger partial charge in [-0.3, -0.25) is 0 Å². The molecule has 8 nitrogen and oxygen atoms in total. The van der Waals surface area contributed by atoms with E-state index >= 15 is 0 Å². The van der Waals surface area contributed by atoms with E-state index in [9.17, 15) is 9.59 Å². The monoisotopic (exact) mass is 564 g/mol. The van der Waals surface area contributed by atoms with E-state index < -0.39 is 11.9 Å². The van der Waals surface area contributed by atoms with Gasteiger partial charge >= 0.3 is 11.9 Å². The summed E-state index contributed by atoms with van der Waals surface area (Å²) in [5.74, 6) is -0.928. The highest BCUT2D eigenvalue weighted by molar-refractivity contribution is 6.02. The fourth-order valence-electron chi connectivity index (χ4n) is 4.74. The Kier molecular flexibility index (Phi) is 9.70. The molecule has 0 aliphatic rings. The van der Waals surface area contributed by atoms with E-state index in [1.807, 2.05) is 48.5 Å². The molecule has 0 aromatic heterocycles. The molecule has 42 heavy (non-hydrogen) atoms. The van der Waals surface area contributed by atoms with Crippen LogP contribution in [0.5, 0.6) is 0 Å². The zero-order chi connectivity index (χ0) is 30.2. The molecule has 216 valence electrons. The van der Waals surface area contributed by atoms with Crippen LogP contribution in [0.3, 0.4) is 0 Å². The molecule has 0 N–H and O–H groups in total. The molecule has 4 aromatic carbocycles. The van der Waals surface area contributed by atoms with Gasteiger partial charge < -0.3 is 19.5 Å². The first-order valence-electron chi connectivity index (χ1n) is 13.9. The van der Waals surface area contributed by atoms with Crippen LogP contribution in [-0.4, -0.2) is 36.5 Å². The maximum absolute atomic E-state index is 11.2. The Labute approximate surface area is 246 Å². The number of carbonyl (C=O) groups excluding carboxylic acids is 2. The van der Waals surface area contributed by atoms with Crippen molar-refractivity contribution in [2.45, 2.75) is 41.5 Å². The molecule has 0 fully saturated rings. The smallest absolute Gasteiger partial charge is 0.331 e. The second-order valence-electron chi connectivity index (χ2n) is 9.80. The van der Waals surface area contributed by atoms with E-state index in [0.29, 0.717) is 11.4 Å². The minimum atomic E-state index is -0.464. The van der Waals surface area contributed by atoms with Gasteiger partial charge in [-0.15, -0.1) is 0 Å². The van der Waals surface area contributed by atoms with Crippen LogP contribution in [0.1, 0.15) is 52.7 Å². The first-order chi connectivity index (χ1) is 20.2. The summed E-state index contributed by atoms with van der Waals surface area (Å²) >= 11 is 0. The molecule has 0 unspecified atom stereocenters. The minimum Gasteiger partial charge on any atom is -0.372 e. The summed E-state index contributed by atoms with van der Waals surface area (Å²) in [4.78, 5) is 36.6. The van der Waals surface area contributed by atoms with Crippen LogP contribution in [0.15, 0.2) is 95.2 Å². The number of carbonyl (C=O) groups is 2. The fraction of sp³-hybridized carbons (Fsp3) is 0.235. The van der Waals surface area contributed by atoms with Gasteiger partial charge in [0.2, 0.25) is 0 Å². The van der Waals surface area contributed by atoms with Crippen LogP contribution in [0, 0.1) is 0 Å². The third-order valence-corrected chi connectivity index (χ3v) is 6.92. The number of oxime groups is 2. The molecule has 0 saturated heterocycles. The van der Waals surface area contributed by atoms with Gasteiger partial charge in [0.15, 0.2) is 0 Å². The average Bonchev–Trinajstić information content (AvgIpc) is 3.00. The SMILES string of the molecule is CCN(CC)c1ccc2c(N(c3ccc(/C(C)=N\OC(C)=O)cc3)c3ccc(/C(C)=N\OC(C)=O)cc3)cccc2c1. The molecule has 0 atom stereocenters. The van der Waals surface area contributed by atoms with Crippen LogP contribution in [0.25, 0.3) is 10.8 Å². The lowest BCUT2D eigenvalue weighted by Gasteiger charge is -2.28. The van der Waals surface area contributed by atoms with Gasteiger partial charge in [0.1, 0.15) is 0 Å². The quantitative estimate of drug-likeness (QED) is 0.111. The van der Waals surface area contributed by atoms with Crippen LogP contribution < -0.4 is 9.80 Å². The second kappa shape index (κ2) is 13.6. The maximum atomic E-state index is 11.2. The largest absolute Gasteiger partial charge is 0.372 e. The van der Waals surface area contributed by atoms with Crippen molar-refractivity contribution in [1.82, 2.24) is 0 Å². The van der Waals surface area contributed by atoms with Crippen molar-refractivity contribution < 1.29 is 19.3 Å². The predicted molar refractivity (Wildman–Crippen MR) is 170 cm³/mol. The van der Waals surface area contributed by atoms with Crippen molar-refractivity contribution in [2.75, 3.05) is 22.9 Å². The summed E-state index contributed by atoms with van der Waals surface area (Å²) < 4.78 is 0. The summed E-state index contributed by atoms with van der Waals surface area (Å²) in [6.07, 6.45) is 0. The highest BCUT2D eigenvalue weighted by Crippen LogP contribution is 2.40. The van der Waals surface area contributed by atoms with Gasteiger partial charge in [-0.25, -0.2) is 9.59 Å². The van der Waals surface area contributed by atoms with Crippen LogP contribution in [0.2, 0.25) is 0 Å². The Morgan fingerprint density at radius 2 is 1.12 bits per heavy atom. The van der Waals surface area contributed by atoms with Gasteiger partial charge in [-0.2, -0.15) is 0 Å². The van der Waals surface area contributed by atoms with Crippen molar-refractivity contribution in [3.05, 3.63) is 96.1 Å². The number of benzene rings is 4. The van der Waals surface area contributed by atoms with E-state index in [2.05, 4.69) is 70.4 Å². The number of anilines is 4. The van der Waals surface area contributed by atoms with Crippen LogP contribution >= 0.6 is 0 Å². The second-order valence-corrected chi connectivity index (χ2v) is 9.80. The minimum absolute atomic E-state index is 0.464. The molecule has 0 aliphatic carbocycles. The number of hydrogen-bond acceptors (Lipinski definition) is 8. The van der Waals surface area contributed by atoms with E-state index in [1.165, 1.54) is 19.5 Å². The van der Waals surface area contributed by atoms with E-state index in [-0.39, 0.29) is 0 Å². The van der Waals surface area contributed by atoms with Crippen molar-refractivity contribution >= 4 is 56.9 Å². The Hall–Kier alpha value is -4.98. The average molecular weight is 565 g/mol. The first-order valence-corrected chi connectivity index (χ1v) is 13.9. The topological polar surface area (TPSA) is 83.8 Å². The molecule has 0 heterocycles. The Morgan fingerprint density at radius 1 is 0.643 bits per heavy atom. The lowest BCUT2D eigenvalue weighted by atomic mass is 10.0. The molecule has 0 saturated carbocycles. The normalized spacial score (nSPS) is 11.8. The Morgan fingerprint density at radius 3 is 1.57 bits per heavy atom. The molecular formula is C34H36N4O4. The van der Waals surface area contributed by atoms with Crippen LogP contribution in [0.4, 0.5) is 22.7 Å². The van der Waals surface area contributed by atoms with Gasteiger partial charge in [0, 0.05) is 49.4 Å². The number of rotatable bonds is 10. The highest BCUT2D eigenvalue weighted by atomic mass is 16.7. The predicted octanol–water partition coefficient (Wildman–Crippen LogP) is 7.73. The summed E-state index contributed by atoms with van der Waals surface area (Å²) in [7, 11) is 0. The standard InChI is InChI=1S/C34H36N4O4/c1-7-37(8-2)32-20-21-33-29(22-32)10-9-11-34(33)38(30-16-12-27(13-17-30)23(3)35-41-25(5)39)31-18-14-28(15-19-31)24(4)36-42-26(6)40/h9-22H,7-8H2,1-6H3/b35-23-,36-24-. The lowest BCUT2D eigenvalue weighted by Crippen LogP contribution is -2.21. The molecule has 0 aliphatic heterocycles. The molecule has 8 heteroatoms. The maximum Gasteiger partial charge on any atom is 0.331 e. The van der Waals surface area contributed by atoms with Crippen LogP contribution in [-0.2, 0) is 19.3 Å². The summed E-state index contributed by atoms with van der Waals surface area (Å²) in [5.41, 5.74) is 6.98. The first kappa shape index (κ1) is 30.0. The van der Waals surface area contributed by atoms with Gasteiger partial charge in [0.25, 0.3) is 0 Å². The molecule has 4 aromatic rings. The zero-order valence-electron chi connectivity index (χ0n) is 24.9. The van der Waals surface area contributed by atoms with Gasteiger partial charge in [-0.1, -0.05) is 52.8 Å². The number of hydrogen-bond donors (Lipinski definition) is 0. The molecular weight excluding hydrogens is 528 g/mol. The van der Waals surface area contributed by atoms with E-state index in [1.54, 1.807) is 13.8 Å². The summed E-state index contributed by atoms with van der Waals surface area (Å²) in [6.45, 7) is 12.4. The van der Waals surface area contributed by atoms with Gasteiger partial charge in [0.05, 0.1) is 17.1 Å². The Bertz CT molecular complexity index is 1550. The number of nitrogens with zero attached hydrogens (tertiary/aromatic N) is 4.